The Morgan fingerprint density at radius 3 is 2.71 bits per heavy atom. The number of hydrogen-bond acceptors (Lipinski definition) is 9. The molecule has 3 rings (SSSR count). The lowest BCUT2D eigenvalue weighted by Gasteiger charge is -2.29. The summed E-state index contributed by atoms with van der Waals surface area (Å²) in [4.78, 5) is 12.7. The lowest BCUT2D eigenvalue weighted by atomic mass is 10.2. The minimum atomic E-state index is -3.75. The van der Waals surface area contributed by atoms with Crippen LogP contribution in [0.2, 0.25) is 0 Å². The maximum absolute atomic E-state index is 12.7. The number of rotatable bonds is 7. The van der Waals surface area contributed by atoms with Crippen molar-refractivity contribution in [3.8, 4) is 11.5 Å². The predicted molar refractivity (Wildman–Crippen MR) is 109 cm³/mol. The van der Waals surface area contributed by atoms with Crippen molar-refractivity contribution in [2.45, 2.75) is 24.2 Å². The fraction of sp³-hybridized carbons (Fsp3) is 0.438. The van der Waals surface area contributed by atoms with Crippen LogP contribution in [0.3, 0.4) is 0 Å². The molecule has 0 saturated heterocycles. The summed E-state index contributed by atoms with van der Waals surface area (Å²) in [5.41, 5.74) is 0.314. The highest BCUT2D eigenvalue weighted by atomic mass is 32.2. The van der Waals surface area contributed by atoms with Gasteiger partial charge in [0.05, 0.1) is 11.9 Å². The highest BCUT2D eigenvalue weighted by molar-refractivity contribution is 8.01. The van der Waals surface area contributed by atoms with E-state index in [4.69, 9.17) is 9.47 Å². The van der Waals surface area contributed by atoms with E-state index >= 15 is 0 Å². The number of hydrogen-bond donors (Lipinski definition) is 1. The highest BCUT2D eigenvalue weighted by Crippen LogP contribution is 2.35. The monoisotopic (exact) mass is 444 g/mol. The molecule has 0 radical (unpaired) electrons. The van der Waals surface area contributed by atoms with Crippen LogP contribution in [0, 0.1) is 0 Å². The normalized spacial score (nSPS) is 14.4. The fourth-order valence-electron chi connectivity index (χ4n) is 2.63. The third-order valence-corrected chi connectivity index (χ3v) is 6.87. The zero-order valence-electron chi connectivity index (χ0n) is 15.5. The number of nitrogens with zero attached hydrogens (tertiary/aromatic N) is 3. The molecule has 0 fully saturated rings. The van der Waals surface area contributed by atoms with E-state index < -0.39 is 22.0 Å². The van der Waals surface area contributed by atoms with Gasteiger partial charge in [0.15, 0.2) is 15.8 Å². The van der Waals surface area contributed by atoms with E-state index in [0.717, 1.165) is 20.7 Å². The lowest BCUT2D eigenvalue weighted by molar-refractivity contribution is -0.116. The molecular weight excluding hydrogens is 424 g/mol. The number of carbonyl (C=O) groups excluding carboxylic acids is 1. The number of ether oxygens (including phenoxy) is 2. The van der Waals surface area contributed by atoms with Gasteiger partial charge in [-0.05, 0) is 24.8 Å². The third-order valence-electron chi connectivity index (χ3n) is 3.77. The molecule has 1 aromatic carbocycles. The summed E-state index contributed by atoms with van der Waals surface area (Å²) < 4.78 is 37.6. The van der Waals surface area contributed by atoms with Crippen molar-refractivity contribution < 1.29 is 22.7 Å². The van der Waals surface area contributed by atoms with Crippen LogP contribution in [0.5, 0.6) is 11.5 Å². The molecule has 0 saturated carbocycles. The summed E-state index contributed by atoms with van der Waals surface area (Å²) >= 11 is 2.75. The van der Waals surface area contributed by atoms with Crippen LogP contribution in [0.25, 0.3) is 0 Å². The van der Waals surface area contributed by atoms with Gasteiger partial charge in [-0.1, -0.05) is 30.0 Å². The van der Waals surface area contributed by atoms with Gasteiger partial charge in [-0.25, -0.2) is 8.42 Å². The molecule has 1 aromatic heterocycles. The first kappa shape index (κ1) is 20.7. The second-order valence-corrected chi connectivity index (χ2v) is 10.2. The predicted octanol–water partition coefficient (Wildman–Crippen LogP) is 2.21. The number of sulfonamides is 1. The average molecular weight is 445 g/mol. The maximum Gasteiger partial charge on any atom is 0.249 e. The molecule has 9 nitrogen and oxygen atoms in total. The zero-order valence-corrected chi connectivity index (χ0v) is 18.0. The van der Waals surface area contributed by atoms with Gasteiger partial charge in [0, 0.05) is 6.07 Å². The van der Waals surface area contributed by atoms with Crippen molar-refractivity contribution in [2.24, 2.45) is 0 Å². The van der Waals surface area contributed by atoms with Crippen LogP contribution in [0.4, 0.5) is 10.8 Å². The van der Waals surface area contributed by atoms with Gasteiger partial charge in [-0.3, -0.25) is 14.4 Å². The van der Waals surface area contributed by atoms with Crippen LogP contribution >= 0.6 is 23.1 Å². The molecular formula is C16H20N4O5S3. The van der Waals surface area contributed by atoms with Crippen molar-refractivity contribution in [3.63, 3.8) is 0 Å². The molecule has 2 heterocycles. The van der Waals surface area contributed by atoms with Crippen molar-refractivity contribution in [1.82, 2.24) is 10.2 Å². The molecule has 0 unspecified atom stereocenters. The molecule has 152 valence electrons. The number of thioether (sulfide) groups is 1. The maximum atomic E-state index is 12.7. The van der Waals surface area contributed by atoms with Crippen molar-refractivity contribution >= 4 is 49.8 Å². The number of benzene rings is 1. The number of carbonyl (C=O) groups is 1. The van der Waals surface area contributed by atoms with Gasteiger partial charge < -0.3 is 9.47 Å². The number of fused-ring (bicyclic) bond motifs is 1. The summed E-state index contributed by atoms with van der Waals surface area (Å²) in [5.74, 6) is 1.31. The Morgan fingerprint density at radius 2 is 2.04 bits per heavy atom. The number of aromatic nitrogens is 2. The van der Waals surface area contributed by atoms with Crippen LogP contribution in [0.15, 0.2) is 22.5 Å². The minimum absolute atomic E-state index is 0.314. The average Bonchev–Trinajstić information content (AvgIpc) is 3.08. The molecule has 1 N–H and O–H groups in total. The highest BCUT2D eigenvalue weighted by Gasteiger charge is 2.30. The molecule has 2 aromatic rings. The number of anilines is 2. The van der Waals surface area contributed by atoms with Gasteiger partial charge in [0.25, 0.3) is 0 Å². The van der Waals surface area contributed by atoms with E-state index in [1.54, 1.807) is 18.2 Å². The van der Waals surface area contributed by atoms with Crippen molar-refractivity contribution in [3.05, 3.63) is 18.2 Å². The van der Waals surface area contributed by atoms with Gasteiger partial charge in [0.1, 0.15) is 19.3 Å². The second-order valence-electron chi connectivity index (χ2n) is 5.86. The molecule has 1 aliphatic heterocycles. The molecule has 0 spiro atoms. The molecule has 28 heavy (non-hydrogen) atoms. The topological polar surface area (TPSA) is 111 Å². The Morgan fingerprint density at radius 1 is 1.32 bits per heavy atom. The van der Waals surface area contributed by atoms with Gasteiger partial charge in [-0.2, -0.15) is 0 Å². The van der Waals surface area contributed by atoms with Gasteiger partial charge >= 0.3 is 0 Å². The lowest BCUT2D eigenvalue weighted by Crippen LogP contribution is -2.45. The van der Waals surface area contributed by atoms with E-state index in [1.807, 2.05) is 6.92 Å². The molecule has 0 bridgehead atoms. The Bertz CT molecular complexity index is 963. The molecule has 1 amide bonds. The van der Waals surface area contributed by atoms with Crippen molar-refractivity contribution in [2.75, 3.05) is 34.8 Å². The van der Waals surface area contributed by atoms with Crippen LogP contribution in [-0.2, 0) is 14.8 Å². The standard InChI is InChI=1S/C16H20N4O5S3/c1-4-26-16-19-18-15(27-16)17-14(21)10(2)20(28(3,22)23)11-5-6-12-13(9-11)25-8-7-24-12/h5-6,9-10H,4,7-8H2,1-3H3,(H,17,18,21)/t10-/m0/s1. The van der Waals surface area contributed by atoms with Crippen molar-refractivity contribution in [1.29, 1.82) is 0 Å². The van der Waals surface area contributed by atoms with Gasteiger partial charge in [0.2, 0.25) is 21.1 Å². The fourth-order valence-corrected chi connectivity index (χ4v) is 5.45. The van der Waals surface area contributed by atoms with E-state index in [9.17, 15) is 13.2 Å². The molecule has 0 aliphatic carbocycles. The summed E-state index contributed by atoms with van der Waals surface area (Å²) in [5, 5.41) is 10.9. The van der Waals surface area contributed by atoms with Crippen LogP contribution in [-0.4, -0.2) is 55.8 Å². The smallest absolute Gasteiger partial charge is 0.249 e. The summed E-state index contributed by atoms with van der Waals surface area (Å²) in [6, 6.07) is 3.76. The number of nitrogens with one attached hydrogen (secondary N) is 1. The zero-order chi connectivity index (χ0) is 20.3. The SMILES string of the molecule is CCSc1nnc(NC(=O)[C@H](C)N(c2ccc3c(c2)OCCO3)S(C)(=O)=O)s1. The first-order valence-corrected chi connectivity index (χ1v) is 12.1. The Labute approximate surface area is 171 Å². The Balaban J connectivity index is 1.83. The summed E-state index contributed by atoms with van der Waals surface area (Å²) in [6.45, 7) is 4.31. The third kappa shape index (κ3) is 4.67. The van der Waals surface area contributed by atoms with Crippen LogP contribution < -0.4 is 19.1 Å². The van der Waals surface area contributed by atoms with E-state index in [1.165, 1.54) is 30.0 Å². The van der Waals surface area contributed by atoms with Crippen LogP contribution in [0.1, 0.15) is 13.8 Å². The summed E-state index contributed by atoms with van der Waals surface area (Å²) in [7, 11) is -3.75. The molecule has 1 atom stereocenters. The van der Waals surface area contributed by atoms with Gasteiger partial charge in [-0.15, -0.1) is 10.2 Å². The minimum Gasteiger partial charge on any atom is -0.486 e. The second kappa shape index (κ2) is 8.53. The largest absolute Gasteiger partial charge is 0.486 e. The Hall–Kier alpha value is -2.05. The quantitative estimate of drug-likeness (QED) is 0.511. The molecule has 12 heteroatoms. The van der Waals surface area contributed by atoms with E-state index in [2.05, 4.69) is 15.5 Å². The first-order valence-electron chi connectivity index (χ1n) is 8.46. The van der Waals surface area contributed by atoms with E-state index in [0.29, 0.717) is 35.5 Å². The first-order chi connectivity index (χ1) is 13.3. The summed E-state index contributed by atoms with van der Waals surface area (Å²) in [6.07, 6.45) is 1.05. The molecule has 1 aliphatic rings. The van der Waals surface area contributed by atoms with E-state index in [-0.39, 0.29) is 0 Å². The Kier molecular flexibility index (Phi) is 6.30. The number of amides is 1.